The fourth-order valence-electron chi connectivity index (χ4n) is 7.44. The summed E-state index contributed by atoms with van der Waals surface area (Å²) in [4.78, 5) is 41.7. The van der Waals surface area contributed by atoms with Gasteiger partial charge >= 0.3 is 5.97 Å². The van der Waals surface area contributed by atoms with Gasteiger partial charge in [-0.2, -0.15) is 5.10 Å². The summed E-state index contributed by atoms with van der Waals surface area (Å²) >= 11 is 3.01. The lowest BCUT2D eigenvalue weighted by molar-refractivity contribution is -0.154. The third kappa shape index (κ3) is 6.41. The molecular formula is C44H36N4O4S2. The zero-order chi connectivity index (χ0) is 36.9. The summed E-state index contributed by atoms with van der Waals surface area (Å²) in [5.74, 6) is -0.0364. The Balaban J connectivity index is 1.20. The fourth-order valence-corrected chi connectivity index (χ4v) is 10.0. The van der Waals surface area contributed by atoms with Crippen molar-refractivity contribution in [2.75, 3.05) is 5.75 Å². The Bertz CT molecular complexity index is 2130. The predicted molar refractivity (Wildman–Crippen MR) is 212 cm³/mol. The molecule has 268 valence electrons. The summed E-state index contributed by atoms with van der Waals surface area (Å²) in [5, 5.41) is 10.2. The number of fused-ring (bicyclic) bond motifs is 1. The van der Waals surface area contributed by atoms with Crippen LogP contribution in [0.5, 0.6) is 0 Å². The Morgan fingerprint density at radius 3 is 1.83 bits per heavy atom. The lowest BCUT2D eigenvalue weighted by atomic mass is 9.66. The molecule has 0 unspecified atom stereocenters. The maximum Gasteiger partial charge on any atom is 0.356 e. The Kier molecular flexibility index (Phi) is 10.2. The van der Waals surface area contributed by atoms with Crippen LogP contribution in [-0.4, -0.2) is 50.6 Å². The SMILES string of the molecule is O=CN[C@@H]1C(=O)N2C(C(=O)OC(c3ccccc3)c3ccccc3)=C(SCc3cn[nH]c3C(c3ccccc3)(c3ccccc3)c3ccccc3)CS[C@@H]12. The van der Waals surface area contributed by atoms with Gasteiger partial charge in [-0.3, -0.25) is 19.6 Å². The zero-order valence-corrected chi connectivity index (χ0v) is 30.7. The number of benzene rings is 5. The van der Waals surface area contributed by atoms with Crippen LogP contribution in [0.1, 0.15) is 45.2 Å². The van der Waals surface area contributed by atoms with Gasteiger partial charge in [-0.1, -0.05) is 152 Å². The van der Waals surface area contributed by atoms with Crippen LogP contribution >= 0.6 is 23.5 Å². The highest BCUT2D eigenvalue weighted by molar-refractivity contribution is 8.05. The minimum Gasteiger partial charge on any atom is -0.448 e. The first kappa shape index (κ1) is 35.2. The van der Waals surface area contributed by atoms with Crippen molar-refractivity contribution in [2.45, 2.75) is 28.7 Å². The van der Waals surface area contributed by atoms with Crippen molar-refractivity contribution in [1.82, 2.24) is 20.4 Å². The quantitative estimate of drug-likeness (QED) is 0.0543. The molecule has 1 fully saturated rings. The number of aromatic amines is 1. The van der Waals surface area contributed by atoms with Crippen LogP contribution in [0, 0.1) is 0 Å². The number of hydrogen-bond donors (Lipinski definition) is 2. The van der Waals surface area contributed by atoms with E-state index in [4.69, 9.17) is 4.74 Å². The largest absolute Gasteiger partial charge is 0.448 e. The summed E-state index contributed by atoms with van der Waals surface area (Å²) in [7, 11) is 0. The molecule has 0 radical (unpaired) electrons. The van der Waals surface area contributed by atoms with Gasteiger partial charge in [0.1, 0.15) is 17.1 Å². The smallest absolute Gasteiger partial charge is 0.356 e. The number of carbonyl (C=O) groups excluding carboxylic acids is 3. The van der Waals surface area contributed by atoms with Gasteiger partial charge in [0.2, 0.25) is 6.41 Å². The minimum absolute atomic E-state index is 0.208. The molecule has 2 aliphatic rings. The third-order valence-electron chi connectivity index (χ3n) is 9.92. The van der Waals surface area contributed by atoms with Crippen molar-refractivity contribution >= 4 is 41.8 Å². The molecule has 54 heavy (non-hydrogen) atoms. The molecule has 6 aromatic rings. The summed E-state index contributed by atoms with van der Waals surface area (Å²) in [6, 6.07) is 49.6. The van der Waals surface area contributed by atoms with Crippen LogP contribution in [0.3, 0.4) is 0 Å². The number of aromatic nitrogens is 2. The maximum absolute atomic E-state index is 14.5. The second-order valence-corrected chi connectivity index (χ2v) is 15.1. The van der Waals surface area contributed by atoms with E-state index in [9.17, 15) is 14.4 Å². The molecule has 0 spiro atoms. The number of hydrogen-bond acceptors (Lipinski definition) is 7. The highest BCUT2D eigenvalue weighted by Gasteiger charge is 2.54. The standard InChI is InChI=1S/C44H36N4O4S2/c49-29-45-37-41(50)48-38(43(51)52-39(30-16-6-1-7-17-30)31-18-8-2-9-19-31)36(28-54-42(37)48)53-27-32-26-46-47-40(32)44(33-20-10-3-11-21-33,34-22-12-4-13-23-34)35-24-14-5-15-25-35/h1-26,29,37,39,42H,27-28H2,(H,45,49)(H,46,47)/t37-,42+/m1/s1. The number of β-lactam (4-membered cyclic amide) rings is 1. The Hall–Kier alpha value is -5.84. The third-order valence-corrected chi connectivity index (χ3v) is 12.5. The molecule has 2 N–H and O–H groups in total. The van der Waals surface area contributed by atoms with E-state index in [1.807, 2.05) is 121 Å². The number of thioether (sulfide) groups is 2. The number of ether oxygens (including phenoxy) is 1. The fraction of sp³-hybridized carbons (Fsp3) is 0.136. The molecule has 5 aromatic carbocycles. The van der Waals surface area contributed by atoms with Crippen molar-refractivity contribution in [2.24, 2.45) is 0 Å². The average molecular weight is 749 g/mol. The molecule has 1 aromatic heterocycles. The van der Waals surface area contributed by atoms with E-state index in [2.05, 4.69) is 51.9 Å². The number of H-pyrrole nitrogens is 1. The highest BCUT2D eigenvalue weighted by Crippen LogP contribution is 2.48. The van der Waals surface area contributed by atoms with Crippen molar-refractivity contribution in [3.05, 3.63) is 208 Å². The van der Waals surface area contributed by atoms with E-state index >= 15 is 0 Å². The minimum atomic E-state index is -0.738. The average Bonchev–Trinajstić information content (AvgIpc) is 3.71. The van der Waals surface area contributed by atoms with Crippen molar-refractivity contribution in [1.29, 1.82) is 0 Å². The van der Waals surface area contributed by atoms with E-state index in [0.717, 1.165) is 44.0 Å². The van der Waals surface area contributed by atoms with Gasteiger partial charge in [-0.25, -0.2) is 4.79 Å². The van der Waals surface area contributed by atoms with Crippen LogP contribution in [0.15, 0.2) is 168 Å². The number of nitrogens with one attached hydrogen (secondary N) is 2. The molecule has 1 saturated heterocycles. The van der Waals surface area contributed by atoms with Gasteiger partial charge in [-0.15, -0.1) is 23.5 Å². The van der Waals surface area contributed by atoms with Gasteiger partial charge in [-0.05, 0) is 27.8 Å². The summed E-state index contributed by atoms with van der Waals surface area (Å²) in [6.45, 7) is 0. The molecule has 2 amide bonds. The molecule has 0 bridgehead atoms. The molecule has 2 aliphatic heterocycles. The monoisotopic (exact) mass is 748 g/mol. The molecule has 0 aliphatic carbocycles. The van der Waals surface area contributed by atoms with Crippen molar-refractivity contribution < 1.29 is 19.1 Å². The van der Waals surface area contributed by atoms with E-state index in [1.165, 1.54) is 28.4 Å². The molecule has 2 atom stereocenters. The maximum atomic E-state index is 14.5. The Morgan fingerprint density at radius 2 is 1.33 bits per heavy atom. The van der Waals surface area contributed by atoms with Gasteiger partial charge < -0.3 is 10.1 Å². The number of rotatable bonds is 13. The van der Waals surface area contributed by atoms with E-state index < -0.39 is 28.9 Å². The highest BCUT2D eigenvalue weighted by atomic mass is 32.2. The van der Waals surface area contributed by atoms with Crippen molar-refractivity contribution in [3.63, 3.8) is 0 Å². The second-order valence-electron chi connectivity index (χ2n) is 13.0. The van der Waals surface area contributed by atoms with Crippen molar-refractivity contribution in [3.8, 4) is 0 Å². The number of amides is 2. The van der Waals surface area contributed by atoms with Crippen LogP contribution < -0.4 is 5.32 Å². The summed E-state index contributed by atoms with van der Waals surface area (Å²) < 4.78 is 6.36. The van der Waals surface area contributed by atoms with Gasteiger partial charge in [0, 0.05) is 22.0 Å². The first-order chi connectivity index (χ1) is 26.6. The van der Waals surface area contributed by atoms with E-state index in [-0.39, 0.29) is 11.6 Å². The van der Waals surface area contributed by atoms with E-state index in [1.54, 1.807) is 0 Å². The molecule has 8 nitrogen and oxygen atoms in total. The van der Waals surface area contributed by atoms with E-state index in [0.29, 0.717) is 17.9 Å². The topological polar surface area (TPSA) is 104 Å². The second kappa shape index (κ2) is 15.6. The summed E-state index contributed by atoms with van der Waals surface area (Å²) in [5.41, 5.74) is 6.18. The van der Waals surface area contributed by atoms with Gasteiger partial charge in [0.25, 0.3) is 5.91 Å². The first-order valence-electron chi connectivity index (χ1n) is 17.6. The molecule has 8 rings (SSSR count). The zero-order valence-electron chi connectivity index (χ0n) is 29.1. The molecule has 10 heteroatoms. The Morgan fingerprint density at radius 1 is 0.833 bits per heavy atom. The van der Waals surface area contributed by atoms with Gasteiger partial charge in [0.05, 0.1) is 17.3 Å². The summed E-state index contributed by atoms with van der Waals surface area (Å²) in [6.07, 6.45) is 1.69. The lowest BCUT2D eigenvalue weighted by Crippen LogP contribution is -2.69. The number of nitrogens with zero attached hydrogens (tertiary/aromatic N) is 2. The molecular weight excluding hydrogens is 713 g/mol. The lowest BCUT2D eigenvalue weighted by Gasteiger charge is -2.49. The number of carbonyl (C=O) groups is 3. The van der Waals surface area contributed by atoms with Crippen LogP contribution in [0.25, 0.3) is 0 Å². The molecule has 3 heterocycles. The van der Waals surface area contributed by atoms with Crippen LogP contribution in [-0.2, 0) is 30.3 Å². The van der Waals surface area contributed by atoms with Crippen LogP contribution in [0.2, 0.25) is 0 Å². The Labute approximate surface area is 322 Å². The molecule has 0 saturated carbocycles. The van der Waals surface area contributed by atoms with Crippen LogP contribution in [0.4, 0.5) is 0 Å². The normalized spacial score (nSPS) is 16.8. The van der Waals surface area contributed by atoms with Gasteiger partial charge in [0.15, 0.2) is 6.10 Å². The first-order valence-corrected chi connectivity index (χ1v) is 19.6. The number of esters is 1. The predicted octanol–water partition coefficient (Wildman–Crippen LogP) is 7.60.